The Labute approximate surface area is 475 Å². The molecule has 0 spiro atoms. The van der Waals surface area contributed by atoms with Crippen LogP contribution < -0.4 is 0 Å². The van der Waals surface area contributed by atoms with Gasteiger partial charge in [-0.2, -0.15) is 17.3 Å². The Kier molecular flexibility index (Phi) is 70.1. The van der Waals surface area contributed by atoms with Crippen LogP contribution in [0.1, 0.15) is 69.2 Å². The largest absolute Gasteiger partial charge is 0.813 e. The fraction of sp³-hybridized carbons (Fsp3) is 0.579. The third-order valence-corrected chi connectivity index (χ3v) is 8.04. The first kappa shape index (κ1) is 86.9. The summed E-state index contributed by atoms with van der Waals surface area (Å²) in [7, 11) is 0. The molecule has 0 N–H and O–H groups in total. The van der Waals surface area contributed by atoms with Gasteiger partial charge in [-0.05, 0) is 48.5 Å². The molecule has 0 saturated carbocycles. The van der Waals surface area contributed by atoms with Gasteiger partial charge in [0.2, 0.25) is 0 Å². The van der Waals surface area contributed by atoms with Gasteiger partial charge in [0.25, 0.3) is 0 Å². The Hall–Kier alpha value is 1.86. The maximum Gasteiger partial charge on any atom is 0.333 e. The Morgan fingerprint density at radius 2 is 0.603 bits per heavy atom. The summed E-state index contributed by atoms with van der Waals surface area (Å²) in [5.74, 6) is -4.29. The molecule has 58 heavy (non-hydrogen) atoms. The van der Waals surface area contributed by atoms with Crippen LogP contribution >= 0.6 is 0 Å². The third kappa shape index (κ3) is 36.2. The summed E-state index contributed by atoms with van der Waals surface area (Å²) >= 11 is 14.6. The Morgan fingerprint density at radius 3 is 0.828 bits per heavy atom. The molecule has 0 fully saturated rings. The number of thiol groups is 1. The van der Waals surface area contributed by atoms with Crippen LogP contribution in [0.25, 0.3) is 0 Å². The molecular weight excluding hydrogens is 1130 g/mol. The van der Waals surface area contributed by atoms with Gasteiger partial charge in [0.05, 0.1) is 0 Å². The van der Waals surface area contributed by atoms with Crippen molar-refractivity contribution in [1.82, 2.24) is 0 Å². The second-order valence-electron chi connectivity index (χ2n) is 11.8. The first-order valence-electron chi connectivity index (χ1n) is 15.5. The van der Waals surface area contributed by atoms with Crippen molar-refractivity contribution in [3.05, 3.63) is 66.2 Å². The maximum atomic E-state index is 12.1. The van der Waals surface area contributed by atoms with Crippen molar-refractivity contribution in [2.24, 2.45) is 17.8 Å². The summed E-state index contributed by atoms with van der Waals surface area (Å²) in [5.41, 5.74) is 0.577. The molecular formula is C38H64O12S4Y4-8. The summed E-state index contributed by atoms with van der Waals surface area (Å²) in [6.45, 7) is 26.1. The van der Waals surface area contributed by atoms with Gasteiger partial charge in [0, 0.05) is 165 Å². The molecule has 20 heteroatoms. The minimum absolute atomic E-state index is 0. The minimum Gasteiger partial charge on any atom is -0.813 e. The topological polar surface area (TPSA) is 158 Å². The summed E-state index contributed by atoms with van der Waals surface area (Å²) in [6, 6.07) is 0. The van der Waals surface area contributed by atoms with Crippen LogP contribution in [0.15, 0.2) is 36.5 Å². The molecule has 0 rings (SSSR count). The molecule has 0 aliphatic heterocycles. The monoisotopic (exact) mass is 1200 g/mol. The molecule has 7 unspecified atom stereocenters. The molecule has 7 atom stereocenters. The van der Waals surface area contributed by atoms with Crippen molar-refractivity contribution >= 4 is 87.2 Å². The Morgan fingerprint density at radius 1 is 0.414 bits per heavy atom. The molecule has 0 aromatic rings. The number of hydrogen-bond donors (Lipinski definition) is 0. The van der Waals surface area contributed by atoms with Crippen molar-refractivity contribution in [2.45, 2.75) is 106 Å². The molecule has 332 valence electrons. The molecule has 0 aliphatic carbocycles. The number of carbonyl (C=O) groups excluding carboxylic acids is 6. The van der Waals surface area contributed by atoms with Crippen molar-refractivity contribution in [2.75, 3.05) is 17.3 Å². The van der Waals surface area contributed by atoms with E-state index in [1.807, 2.05) is 0 Å². The van der Waals surface area contributed by atoms with Crippen LogP contribution in [-0.2, 0) is 239 Å². The molecule has 0 heterocycles. The number of carbonyl (C=O) groups is 6. The molecule has 12 nitrogen and oxygen atoms in total. The summed E-state index contributed by atoms with van der Waals surface area (Å²) < 4.78 is 31.7. The average molecular weight is 1200 g/mol. The molecule has 0 amide bonds. The van der Waals surface area contributed by atoms with E-state index >= 15 is 0 Å². The van der Waals surface area contributed by atoms with E-state index in [9.17, 15) is 28.8 Å². The number of ether oxygens (including phenoxy) is 6. The van der Waals surface area contributed by atoms with E-state index in [1.165, 1.54) is 34.6 Å². The van der Waals surface area contributed by atoms with Gasteiger partial charge in [-0.25, -0.2) is 14.4 Å². The predicted octanol–water partition coefficient (Wildman–Crippen LogP) is 5.32. The van der Waals surface area contributed by atoms with Crippen LogP contribution in [0.3, 0.4) is 0 Å². The van der Waals surface area contributed by atoms with Crippen molar-refractivity contribution in [3.8, 4) is 0 Å². The summed E-state index contributed by atoms with van der Waals surface area (Å²) in [6.07, 6.45) is -5.31. The van der Waals surface area contributed by atoms with Gasteiger partial charge in [-0.1, -0.05) is 40.5 Å². The molecule has 0 aliphatic rings. The predicted molar refractivity (Wildman–Crippen MR) is 225 cm³/mol. The van der Waals surface area contributed by atoms with Crippen LogP contribution in [0, 0.1) is 47.5 Å². The normalized spacial score (nSPS) is 13.6. The first-order valence-corrected chi connectivity index (χ1v) is 17.2. The van der Waals surface area contributed by atoms with E-state index in [0.29, 0.717) is 0 Å². The van der Waals surface area contributed by atoms with Crippen molar-refractivity contribution in [3.63, 3.8) is 0 Å². The van der Waals surface area contributed by atoms with Crippen molar-refractivity contribution in [1.29, 1.82) is 0 Å². The van der Waals surface area contributed by atoms with E-state index in [4.69, 9.17) is 66.3 Å². The first-order chi connectivity index (χ1) is 22.5. The maximum absolute atomic E-state index is 12.1. The molecule has 0 bridgehead atoms. The van der Waals surface area contributed by atoms with E-state index in [2.05, 4.69) is 19.7 Å². The van der Waals surface area contributed by atoms with E-state index < -0.39 is 90.2 Å². The van der Waals surface area contributed by atoms with Crippen LogP contribution in [-0.4, -0.2) is 89.7 Å². The standard InChI is InChI=1S/C17H30O6S3.C17H24O6.4CH3.H2S.4Y/c1-9(6-24)15(18)21-12(4)14(23-17(20)11(3)8-26)13(5)22-16(19)10(2)7-25;1-9(2)15(18)21-12(7)14(23-17(20)11(5)6)13(8)22-16(19)10(3)4;;;;;;;;;/h9-14,24-26H,6-8H2,1-5H3;12-14H,1,3,5H2,2,4,6-8H3;4*1H3;1H2;;;;/q;;4*-1;;;;;/p-4. The number of rotatable bonds is 19. The molecule has 0 saturated heterocycles. The smallest absolute Gasteiger partial charge is 0.333 e. The van der Waals surface area contributed by atoms with Crippen LogP contribution in [0.4, 0.5) is 0 Å². The van der Waals surface area contributed by atoms with Crippen LogP contribution in [0.5, 0.6) is 0 Å². The molecule has 4 radical (unpaired) electrons. The zero-order valence-electron chi connectivity index (χ0n) is 36.8. The number of esters is 6. The van der Waals surface area contributed by atoms with Gasteiger partial charge >= 0.3 is 35.8 Å². The molecule has 0 aromatic carbocycles. The zero-order chi connectivity index (χ0) is 38.8. The average Bonchev–Trinajstić information content (AvgIpc) is 3.03. The second-order valence-corrected chi connectivity index (χ2v) is 12.8. The quantitative estimate of drug-likeness (QED) is 0.0409. The minimum atomic E-state index is -0.995. The fourth-order valence-electron chi connectivity index (χ4n) is 3.23. The third-order valence-electron chi connectivity index (χ3n) is 6.54. The van der Waals surface area contributed by atoms with Crippen molar-refractivity contribution < 1.29 is 188 Å². The van der Waals surface area contributed by atoms with E-state index in [-0.39, 0.29) is 208 Å². The zero-order valence-corrected chi connectivity index (χ0v) is 51.5. The summed E-state index contributed by atoms with van der Waals surface area (Å²) in [5, 5.41) is 0. The fourth-order valence-corrected chi connectivity index (χ4v) is 3.64. The summed E-state index contributed by atoms with van der Waals surface area (Å²) in [4.78, 5) is 71.2. The van der Waals surface area contributed by atoms with Gasteiger partial charge < -0.3 is 110 Å². The SMILES string of the molecule is C=C(C)C(=O)OC(C)C(OC(=O)C(=C)C)C(C)OC(=O)C(=C)C.CC(C[S-])C(=O)OC(C)C(OC(=O)C(C)C[S-])C(C)OC(=O)C(C)C[S-].[CH3-].[CH3-].[CH3-].[CH3-].[SH-].[Y].[Y].[Y].[Y]. The van der Waals surface area contributed by atoms with E-state index in [0.717, 1.165) is 0 Å². The molecule has 0 aromatic heterocycles. The number of hydrogen-bond acceptors (Lipinski definition) is 16. The second kappa shape index (κ2) is 46.8. The Bertz CT molecular complexity index is 1150. The van der Waals surface area contributed by atoms with Crippen LogP contribution in [0.2, 0.25) is 0 Å². The van der Waals surface area contributed by atoms with E-state index in [1.54, 1.807) is 34.6 Å². The van der Waals surface area contributed by atoms with Gasteiger partial charge in [-0.3, -0.25) is 14.4 Å². The van der Waals surface area contributed by atoms with Gasteiger partial charge in [0.1, 0.15) is 24.4 Å². The Balaban J connectivity index is -0.0000000736. The van der Waals surface area contributed by atoms with Gasteiger partial charge in [0.15, 0.2) is 12.2 Å². The van der Waals surface area contributed by atoms with Gasteiger partial charge in [-0.15, -0.1) is 0 Å².